The average Bonchev–Trinajstić information content (AvgIpc) is 3.34. The van der Waals surface area contributed by atoms with E-state index in [0.717, 1.165) is 43.4 Å². The Kier molecular flexibility index (Phi) is 9.10. The smallest absolute Gasteiger partial charge is 0.247 e. The third kappa shape index (κ3) is 6.45. The highest BCUT2D eigenvalue weighted by Crippen LogP contribution is 2.37. The summed E-state index contributed by atoms with van der Waals surface area (Å²) < 4.78 is 41.6. The van der Waals surface area contributed by atoms with E-state index in [1.807, 2.05) is 42.2 Å². The number of unbranched alkanes of at least 4 members (excludes halogenated alkanes) is 2. The van der Waals surface area contributed by atoms with Gasteiger partial charge in [-0.3, -0.25) is 4.79 Å². The van der Waals surface area contributed by atoms with Crippen molar-refractivity contribution in [2.75, 3.05) is 24.6 Å². The average molecular weight is 530 g/mol. The zero-order valence-electron chi connectivity index (χ0n) is 21.8. The maximum absolute atomic E-state index is 13.9. The fourth-order valence-electron chi connectivity index (χ4n) is 5.21. The Hall–Kier alpha value is -2.62. The molecule has 2 aliphatic rings. The Morgan fingerprint density at radius 1 is 1.19 bits per heavy atom. The highest BCUT2D eigenvalue weighted by Gasteiger charge is 2.38. The molecule has 2 aromatic carbocycles. The molecular weight excluding hydrogens is 490 g/mol. The second-order valence-corrected chi connectivity index (χ2v) is 11.9. The van der Waals surface area contributed by atoms with Gasteiger partial charge >= 0.3 is 0 Å². The molecule has 4 rings (SSSR count). The van der Waals surface area contributed by atoms with Crippen molar-refractivity contribution in [3.05, 3.63) is 54.1 Å². The van der Waals surface area contributed by atoms with E-state index in [1.165, 1.54) is 0 Å². The molecule has 202 valence electrons. The fraction of sp³-hybridized carbons (Fsp3) is 0.536. The SMILES string of the molecule is CCCCC[C@@H](C)N1C[C@@H](COCc2ccccc2)Oc2cc(N3CCC[C@H]3C(N)=O)ccc2S1(=O)=O. The largest absolute Gasteiger partial charge is 0.485 e. The second-order valence-electron chi connectivity index (χ2n) is 10.0. The first-order valence-electron chi connectivity index (χ1n) is 13.3. The van der Waals surface area contributed by atoms with Crippen LogP contribution >= 0.6 is 0 Å². The number of nitrogens with two attached hydrogens (primary N) is 1. The Labute approximate surface area is 220 Å². The highest BCUT2D eigenvalue weighted by atomic mass is 32.2. The molecule has 8 nitrogen and oxygen atoms in total. The lowest BCUT2D eigenvalue weighted by molar-refractivity contribution is -0.119. The Morgan fingerprint density at radius 2 is 1.97 bits per heavy atom. The number of anilines is 1. The minimum absolute atomic E-state index is 0.152. The predicted molar refractivity (Wildman–Crippen MR) is 144 cm³/mol. The summed E-state index contributed by atoms with van der Waals surface area (Å²) in [5.41, 5.74) is 7.41. The van der Waals surface area contributed by atoms with Crippen LogP contribution < -0.4 is 15.4 Å². The Balaban J connectivity index is 1.61. The topological polar surface area (TPSA) is 102 Å². The van der Waals surface area contributed by atoms with E-state index in [9.17, 15) is 13.2 Å². The van der Waals surface area contributed by atoms with Gasteiger partial charge < -0.3 is 20.1 Å². The molecule has 1 amide bonds. The van der Waals surface area contributed by atoms with Crippen LogP contribution in [0, 0.1) is 0 Å². The van der Waals surface area contributed by atoms with Gasteiger partial charge in [-0.15, -0.1) is 0 Å². The molecule has 0 radical (unpaired) electrons. The van der Waals surface area contributed by atoms with Crippen LogP contribution in [-0.4, -0.2) is 56.5 Å². The van der Waals surface area contributed by atoms with Crippen LogP contribution in [0.25, 0.3) is 0 Å². The normalized spacial score (nSPS) is 22.2. The van der Waals surface area contributed by atoms with Crippen molar-refractivity contribution in [2.45, 2.75) is 82.1 Å². The molecular formula is C28H39N3O5S. The molecule has 0 spiro atoms. The quantitative estimate of drug-likeness (QED) is 0.440. The summed E-state index contributed by atoms with van der Waals surface area (Å²) in [4.78, 5) is 14.1. The van der Waals surface area contributed by atoms with E-state index in [0.29, 0.717) is 25.3 Å². The number of nitrogens with zero attached hydrogens (tertiary/aromatic N) is 2. The molecule has 2 N–H and O–H groups in total. The lowest BCUT2D eigenvalue weighted by Gasteiger charge is -2.28. The van der Waals surface area contributed by atoms with E-state index in [2.05, 4.69) is 6.92 Å². The van der Waals surface area contributed by atoms with Gasteiger partial charge in [-0.2, -0.15) is 4.31 Å². The molecule has 1 saturated heterocycles. The summed E-state index contributed by atoms with van der Waals surface area (Å²) in [6.07, 6.45) is 4.95. The van der Waals surface area contributed by atoms with Crippen LogP contribution in [0.1, 0.15) is 57.9 Å². The Morgan fingerprint density at radius 3 is 2.70 bits per heavy atom. The number of carbonyl (C=O) groups excluding carboxylic acids is 1. The summed E-state index contributed by atoms with van der Waals surface area (Å²) in [6, 6.07) is 14.4. The highest BCUT2D eigenvalue weighted by molar-refractivity contribution is 7.89. The number of hydrogen-bond donors (Lipinski definition) is 1. The van der Waals surface area contributed by atoms with Gasteiger partial charge in [-0.1, -0.05) is 56.5 Å². The number of benzene rings is 2. The van der Waals surface area contributed by atoms with Crippen LogP contribution in [0.5, 0.6) is 5.75 Å². The first-order chi connectivity index (χ1) is 17.8. The maximum atomic E-state index is 13.9. The van der Waals surface area contributed by atoms with Gasteiger partial charge in [0.1, 0.15) is 22.8 Å². The maximum Gasteiger partial charge on any atom is 0.247 e. The summed E-state index contributed by atoms with van der Waals surface area (Å²) >= 11 is 0. The van der Waals surface area contributed by atoms with E-state index in [1.54, 1.807) is 22.5 Å². The minimum Gasteiger partial charge on any atom is -0.485 e. The number of hydrogen-bond acceptors (Lipinski definition) is 6. The molecule has 1 fully saturated rings. The van der Waals surface area contributed by atoms with Crippen molar-refractivity contribution in [2.24, 2.45) is 5.73 Å². The first-order valence-corrected chi connectivity index (χ1v) is 14.8. The standard InChI is InChI=1S/C28H39N3O5S/c1-3-4-6-10-21(2)31-18-24(20-35-19-22-11-7-5-8-12-22)36-26-17-23(14-15-27(26)37(31,33)34)30-16-9-13-25(30)28(29)32/h5,7-8,11-12,14-15,17,21,24-25H,3-4,6,9-10,13,16,18-20H2,1-2H3,(H2,29,32)/t21-,24+,25+/m1/s1. The van der Waals surface area contributed by atoms with Crippen molar-refractivity contribution < 1.29 is 22.7 Å². The molecule has 37 heavy (non-hydrogen) atoms. The number of fused-ring (bicyclic) bond motifs is 1. The zero-order valence-corrected chi connectivity index (χ0v) is 22.7. The number of sulfonamides is 1. The minimum atomic E-state index is -3.79. The lowest BCUT2D eigenvalue weighted by atomic mass is 10.1. The zero-order chi connectivity index (χ0) is 26.4. The van der Waals surface area contributed by atoms with Crippen molar-refractivity contribution >= 4 is 21.6 Å². The van der Waals surface area contributed by atoms with Gasteiger partial charge in [0.05, 0.1) is 19.8 Å². The third-order valence-corrected chi connectivity index (χ3v) is 9.26. The molecule has 2 heterocycles. The van der Waals surface area contributed by atoms with E-state index < -0.39 is 22.2 Å². The van der Waals surface area contributed by atoms with Crippen molar-refractivity contribution in [3.63, 3.8) is 0 Å². The van der Waals surface area contributed by atoms with Gasteiger partial charge in [-0.25, -0.2) is 8.42 Å². The summed E-state index contributed by atoms with van der Waals surface area (Å²) in [5, 5.41) is 0. The van der Waals surface area contributed by atoms with E-state index >= 15 is 0 Å². The molecule has 9 heteroatoms. The van der Waals surface area contributed by atoms with Gasteiger partial charge in [0.15, 0.2) is 0 Å². The molecule has 0 bridgehead atoms. The van der Waals surface area contributed by atoms with Crippen molar-refractivity contribution in [3.8, 4) is 5.75 Å². The molecule has 0 saturated carbocycles. The van der Waals surface area contributed by atoms with Crippen molar-refractivity contribution in [1.82, 2.24) is 4.31 Å². The van der Waals surface area contributed by atoms with Gasteiger partial charge in [0.25, 0.3) is 0 Å². The van der Waals surface area contributed by atoms with Gasteiger partial charge in [0, 0.05) is 24.3 Å². The molecule has 0 unspecified atom stereocenters. The van der Waals surface area contributed by atoms with Gasteiger partial charge in [0.2, 0.25) is 15.9 Å². The molecule has 2 aliphatic heterocycles. The van der Waals surface area contributed by atoms with Crippen LogP contribution in [0.15, 0.2) is 53.4 Å². The number of ether oxygens (including phenoxy) is 2. The third-order valence-electron chi connectivity index (χ3n) is 7.24. The van der Waals surface area contributed by atoms with Crippen LogP contribution in [-0.2, 0) is 26.2 Å². The summed E-state index contributed by atoms with van der Waals surface area (Å²) in [7, 11) is -3.79. The lowest BCUT2D eigenvalue weighted by Crippen LogP contribution is -2.44. The van der Waals surface area contributed by atoms with Gasteiger partial charge in [-0.05, 0) is 43.9 Å². The van der Waals surface area contributed by atoms with Crippen molar-refractivity contribution in [1.29, 1.82) is 0 Å². The fourth-order valence-corrected chi connectivity index (χ4v) is 7.01. The molecule has 0 aromatic heterocycles. The first kappa shape index (κ1) is 27.4. The number of amides is 1. The summed E-state index contributed by atoms with van der Waals surface area (Å²) in [6.45, 7) is 5.67. The van der Waals surface area contributed by atoms with Crippen LogP contribution in [0.2, 0.25) is 0 Å². The predicted octanol–water partition coefficient (Wildman–Crippen LogP) is 4.08. The molecule has 2 aromatic rings. The monoisotopic (exact) mass is 529 g/mol. The Bertz CT molecular complexity index is 1160. The molecule has 0 aliphatic carbocycles. The number of carbonyl (C=O) groups is 1. The van der Waals surface area contributed by atoms with E-state index in [4.69, 9.17) is 15.2 Å². The molecule has 3 atom stereocenters. The van der Waals surface area contributed by atoms with Crippen LogP contribution in [0.3, 0.4) is 0 Å². The van der Waals surface area contributed by atoms with Crippen LogP contribution in [0.4, 0.5) is 5.69 Å². The number of primary amides is 1. The summed E-state index contributed by atoms with van der Waals surface area (Å²) in [5.74, 6) is -0.0792. The second kappa shape index (κ2) is 12.3. The van der Waals surface area contributed by atoms with E-state index in [-0.39, 0.29) is 30.0 Å². The number of rotatable bonds is 11.